The Kier molecular flexibility index (Phi) is 24.7. The minimum Gasteiger partial charge on any atom is -0.493 e. The van der Waals surface area contributed by atoms with Gasteiger partial charge in [0.1, 0.15) is 17.1 Å². The first kappa shape index (κ1) is 53.2. The molecule has 3 rings (SSSR count). The van der Waals surface area contributed by atoms with E-state index in [4.69, 9.17) is 28.4 Å². The quantitative estimate of drug-likeness (QED) is 0.0198. The second kappa shape index (κ2) is 30.1. The number of hydrogen-bond donors (Lipinski definition) is 0. The maximum atomic E-state index is 13.4. The second-order valence-corrected chi connectivity index (χ2v) is 16.1. The fourth-order valence-electron chi connectivity index (χ4n) is 6.24. The minimum absolute atomic E-state index is 0.125. The molecule has 3 aromatic carbocycles. The third-order valence-corrected chi connectivity index (χ3v) is 10.7. The Morgan fingerprint density at radius 2 is 1.02 bits per heavy atom. The van der Waals surface area contributed by atoms with Gasteiger partial charge in [-0.3, -0.25) is 4.79 Å². The van der Waals surface area contributed by atoms with Crippen molar-refractivity contribution < 1.29 is 61.9 Å². The second-order valence-electron chi connectivity index (χ2n) is 16.1. The molecule has 0 radical (unpaired) electrons. The molecule has 354 valence electrons. The van der Waals surface area contributed by atoms with E-state index in [9.17, 15) is 24.0 Å². The van der Waals surface area contributed by atoms with Crippen molar-refractivity contribution >= 4 is 42.0 Å². The number of carbonyl (C=O) groups is 5. The molecular weight excluding hydrogens is 833 g/mol. The number of methoxy groups -OCH3 is 3. The summed E-state index contributed by atoms with van der Waals surface area (Å²) in [7, 11) is 4.18. The maximum absolute atomic E-state index is 13.4. The summed E-state index contributed by atoms with van der Waals surface area (Å²) in [5, 5.41) is 0. The van der Waals surface area contributed by atoms with Gasteiger partial charge in [0.2, 0.25) is 0 Å². The molecule has 3 aromatic rings. The Balaban J connectivity index is 1.47. The predicted octanol–water partition coefficient (Wildman–Crippen LogP) is 11.0. The summed E-state index contributed by atoms with van der Waals surface area (Å²) in [5.74, 6) is -0.587. The number of benzene rings is 3. The molecule has 0 fully saturated rings. The summed E-state index contributed by atoms with van der Waals surface area (Å²) in [6.07, 6.45) is 18.9. The van der Waals surface area contributed by atoms with E-state index in [1.54, 1.807) is 67.8 Å². The average Bonchev–Trinajstić information content (AvgIpc) is 3.32. The predicted molar refractivity (Wildman–Crippen MR) is 249 cm³/mol. The highest BCUT2D eigenvalue weighted by Crippen LogP contribution is 2.30. The van der Waals surface area contributed by atoms with Gasteiger partial charge in [0.05, 0.1) is 58.7 Å². The first-order valence-corrected chi connectivity index (χ1v) is 22.7. The molecular formula is C52H68O13. The van der Waals surface area contributed by atoms with Crippen LogP contribution in [0.3, 0.4) is 0 Å². The Hall–Kier alpha value is -6.11. The van der Waals surface area contributed by atoms with Crippen LogP contribution in [0.2, 0.25) is 0 Å². The molecule has 0 aliphatic heterocycles. The lowest BCUT2D eigenvalue weighted by Crippen LogP contribution is -2.26. The van der Waals surface area contributed by atoms with Crippen molar-refractivity contribution in [3.63, 3.8) is 0 Å². The van der Waals surface area contributed by atoms with Gasteiger partial charge in [-0.15, -0.1) is 0 Å². The molecule has 0 aromatic heterocycles. The lowest BCUT2D eigenvalue weighted by molar-refractivity contribution is -0.154. The van der Waals surface area contributed by atoms with Crippen LogP contribution in [0.4, 0.5) is 0 Å². The zero-order valence-corrected chi connectivity index (χ0v) is 39.1. The highest BCUT2D eigenvalue weighted by atomic mass is 16.6. The fraction of sp³-hybridized carbons (Fsp3) is 0.481. The molecule has 0 saturated heterocycles. The van der Waals surface area contributed by atoms with Crippen molar-refractivity contribution in [1.82, 2.24) is 0 Å². The van der Waals surface area contributed by atoms with Crippen LogP contribution in [0, 0.1) is 5.41 Å². The SMILES string of the molecule is CCC(C)(C)C(=O)OCCCCCCCCCCCOC(=O)c1cc(OC(=O)c2ccc(/C=C/C(=O)OC)cc2)ccc1OCCCCCCOc1ccc(/C=C/C(=O)OC)cc1OC. The highest BCUT2D eigenvalue weighted by Gasteiger charge is 2.26. The summed E-state index contributed by atoms with van der Waals surface area (Å²) >= 11 is 0. The summed E-state index contributed by atoms with van der Waals surface area (Å²) in [5.41, 5.74) is 1.49. The molecule has 65 heavy (non-hydrogen) atoms. The van der Waals surface area contributed by atoms with E-state index in [-0.39, 0.29) is 29.5 Å². The van der Waals surface area contributed by atoms with Crippen molar-refractivity contribution in [2.24, 2.45) is 5.41 Å². The molecule has 0 amide bonds. The van der Waals surface area contributed by atoms with Crippen LogP contribution in [0.25, 0.3) is 12.2 Å². The number of ether oxygens (including phenoxy) is 8. The molecule has 0 atom stereocenters. The van der Waals surface area contributed by atoms with E-state index >= 15 is 0 Å². The van der Waals surface area contributed by atoms with Crippen LogP contribution in [0.15, 0.2) is 72.8 Å². The van der Waals surface area contributed by atoms with Gasteiger partial charge in [-0.1, -0.05) is 70.1 Å². The van der Waals surface area contributed by atoms with E-state index < -0.39 is 29.3 Å². The standard InChI is InChI=1S/C52H68O13/c1-7-52(2,3)51(57)64-36-20-14-12-10-8-9-11-13-19-35-63-50(56)43-38-42(65-49(55)41-26-21-39(22-27-41)24-31-47(53)59-5)28-30-44(43)61-33-17-15-16-18-34-62-45-29-23-40(37-46(45)58-4)25-32-48(54)60-6/h21-32,37-38H,7-20,33-36H2,1-6H3/b31-24+,32-25+. The highest BCUT2D eigenvalue weighted by molar-refractivity contribution is 5.95. The zero-order chi connectivity index (χ0) is 47.3. The number of rotatable bonds is 31. The number of hydrogen-bond acceptors (Lipinski definition) is 13. The topological polar surface area (TPSA) is 159 Å². The first-order valence-electron chi connectivity index (χ1n) is 22.7. The largest absolute Gasteiger partial charge is 0.493 e. The van der Waals surface area contributed by atoms with E-state index in [2.05, 4.69) is 9.47 Å². The van der Waals surface area contributed by atoms with Crippen molar-refractivity contribution in [2.75, 3.05) is 47.8 Å². The van der Waals surface area contributed by atoms with Crippen LogP contribution in [0.1, 0.15) is 143 Å². The third kappa shape index (κ3) is 20.5. The Bertz CT molecular complexity index is 2000. The van der Waals surface area contributed by atoms with Gasteiger partial charge in [0.15, 0.2) is 11.5 Å². The Labute approximate surface area is 384 Å². The van der Waals surface area contributed by atoms with E-state index in [0.717, 1.165) is 95.5 Å². The fourth-order valence-corrected chi connectivity index (χ4v) is 6.24. The van der Waals surface area contributed by atoms with Gasteiger partial charge >= 0.3 is 29.8 Å². The van der Waals surface area contributed by atoms with E-state index in [0.29, 0.717) is 42.6 Å². The Morgan fingerprint density at radius 1 is 0.523 bits per heavy atom. The van der Waals surface area contributed by atoms with Gasteiger partial charge in [0, 0.05) is 12.2 Å². The van der Waals surface area contributed by atoms with Gasteiger partial charge < -0.3 is 37.9 Å². The molecule has 0 unspecified atom stereocenters. The molecule has 13 nitrogen and oxygen atoms in total. The van der Waals surface area contributed by atoms with Gasteiger partial charge in [-0.2, -0.15) is 0 Å². The van der Waals surface area contributed by atoms with Crippen LogP contribution in [-0.2, 0) is 33.3 Å². The zero-order valence-electron chi connectivity index (χ0n) is 39.1. The first-order chi connectivity index (χ1) is 31.4. The van der Waals surface area contributed by atoms with Crippen molar-refractivity contribution in [2.45, 2.75) is 111 Å². The Morgan fingerprint density at radius 3 is 1.57 bits per heavy atom. The molecule has 0 bridgehead atoms. The molecule has 0 aliphatic rings. The number of carbonyl (C=O) groups excluding carboxylic acids is 5. The van der Waals surface area contributed by atoms with Gasteiger partial charge in [0.25, 0.3) is 0 Å². The van der Waals surface area contributed by atoms with Crippen LogP contribution < -0.4 is 18.9 Å². The van der Waals surface area contributed by atoms with Gasteiger partial charge in [-0.25, -0.2) is 19.2 Å². The smallest absolute Gasteiger partial charge is 0.343 e. The summed E-state index contributed by atoms with van der Waals surface area (Å²) in [6.45, 7) is 7.38. The molecule has 0 saturated carbocycles. The van der Waals surface area contributed by atoms with Crippen molar-refractivity contribution in [3.05, 3.63) is 95.1 Å². The normalized spacial score (nSPS) is 11.3. The third-order valence-electron chi connectivity index (χ3n) is 10.7. The molecule has 0 heterocycles. The summed E-state index contributed by atoms with van der Waals surface area (Å²) in [4.78, 5) is 61.4. The summed E-state index contributed by atoms with van der Waals surface area (Å²) in [6, 6.07) is 16.6. The van der Waals surface area contributed by atoms with E-state index in [1.165, 1.54) is 32.4 Å². The lowest BCUT2D eigenvalue weighted by Gasteiger charge is -2.20. The van der Waals surface area contributed by atoms with Crippen molar-refractivity contribution in [1.29, 1.82) is 0 Å². The van der Waals surface area contributed by atoms with E-state index in [1.807, 2.05) is 26.8 Å². The number of unbranched alkanes of at least 4 members (excludes halogenated alkanes) is 11. The minimum atomic E-state index is -0.620. The summed E-state index contributed by atoms with van der Waals surface area (Å²) < 4.78 is 43.5. The van der Waals surface area contributed by atoms with Crippen LogP contribution in [-0.4, -0.2) is 77.6 Å². The molecule has 13 heteroatoms. The molecule has 0 aliphatic carbocycles. The lowest BCUT2D eigenvalue weighted by atomic mass is 9.91. The van der Waals surface area contributed by atoms with Gasteiger partial charge in [-0.05, 0) is 125 Å². The van der Waals surface area contributed by atoms with Crippen LogP contribution >= 0.6 is 0 Å². The molecule has 0 spiro atoms. The molecule has 0 N–H and O–H groups in total. The average molecular weight is 901 g/mol. The maximum Gasteiger partial charge on any atom is 0.343 e. The van der Waals surface area contributed by atoms with Crippen LogP contribution in [0.5, 0.6) is 23.0 Å². The van der Waals surface area contributed by atoms with Crippen molar-refractivity contribution in [3.8, 4) is 23.0 Å². The number of esters is 5. The monoisotopic (exact) mass is 900 g/mol.